The Hall–Kier alpha value is -1.10. The SMILES string of the molecule is CC(C(=O)N1CCN(C(=O)CC2CCCCC2)CC1)C1CNC1. The molecule has 2 aliphatic heterocycles. The van der Waals surface area contributed by atoms with Gasteiger partial charge in [0.25, 0.3) is 0 Å². The zero-order valence-corrected chi connectivity index (χ0v) is 14.4. The van der Waals surface area contributed by atoms with E-state index in [0.29, 0.717) is 43.9 Å². The first-order chi connectivity index (χ1) is 11.1. The lowest BCUT2D eigenvalue weighted by atomic mass is 9.86. The molecule has 23 heavy (non-hydrogen) atoms. The summed E-state index contributed by atoms with van der Waals surface area (Å²) in [6, 6.07) is 0. The molecule has 2 heterocycles. The highest BCUT2D eigenvalue weighted by atomic mass is 16.2. The first kappa shape index (κ1) is 16.7. The second kappa shape index (κ2) is 7.65. The zero-order chi connectivity index (χ0) is 16.2. The highest BCUT2D eigenvalue weighted by Crippen LogP contribution is 2.27. The molecule has 2 amide bonds. The van der Waals surface area contributed by atoms with Crippen molar-refractivity contribution in [1.82, 2.24) is 15.1 Å². The molecule has 0 aromatic heterocycles. The minimum absolute atomic E-state index is 0.112. The Kier molecular flexibility index (Phi) is 5.57. The highest BCUT2D eigenvalue weighted by molar-refractivity contribution is 5.80. The predicted octanol–water partition coefficient (Wildman–Crippen LogP) is 1.48. The molecule has 3 aliphatic rings. The average molecular weight is 321 g/mol. The molecule has 3 rings (SSSR count). The Balaban J connectivity index is 1.42. The topological polar surface area (TPSA) is 52.7 Å². The molecule has 2 saturated heterocycles. The molecule has 5 heteroatoms. The summed E-state index contributed by atoms with van der Waals surface area (Å²) in [5.41, 5.74) is 0. The smallest absolute Gasteiger partial charge is 0.225 e. The second-order valence-electron chi connectivity index (χ2n) is 7.62. The molecule has 1 unspecified atom stereocenters. The molecule has 0 aromatic carbocycles. The third-order valence-electron chi connectivity index (χ3n) is 6.04. The fourth-order valence-electron chi connectivity index (χ4n) is 4.10. The van der Waals surface area contributed by atoms with Crippen molar-refractivity contribution in [3.8, 4) is 0 Å². The zero-order valence-electron chi connectivity index (χ0n) is 14.4. The Morgan fingerprint density at radius 2 is 1.61 bits per heavy atom. The van der Waals surface area contributed by atoms with Gasteiger partial charge in [0.2, 0.25) is 11.8 Å². The Labute approximate surface area is 139 Å². The summed E-state index contributed by atoms with van der Waals surface area (Å²) in [4.78, 5) is 28.9. The van der Waals surface area contributed by atoms with E-state index in [-0.39, 0.29) is 11.8 Å². The molecule has 5 nitrogen and oxygen atoms in total. The van der Waals surface area contributed by atoms with Crippen LogP contribution in [-0.2, 0) is 9.59 Å². The van der Waals surface area contributed by atoms with Crippen molar-refractivity contribution in [3.63, 3.8) is 0 Å². The van der Waals surface area contributed by atoms with Gasteiger partial charge in [0.05, 0.1) is 0 Å². The molecular formula is C18H31N3O2. The summed E-state index contributed by atoms with van der Waals surface area (Å²) in [5, 5.41) is 3.24. The number of nitrogens with one attached hydrogen (secondary N) is 1. The summed E-state index contributed by atoms with van der Waals surface area (Å²) in [7, 11) is 0. The van der Waals surface area contributed by atoms with E-state index in [0.717, 1.165) is 19.5 Å². The van der Waals surface area contributed by atoms with E-state index in [1.54, 1.807) is 0 Å². The number of rotatable bonds is 4. The van der Waals surface area contributed by atoms with Crippen LogP contribution < -0.4 is 5.32 Å². The molecule has 0 bridgehead atoms. The largest absolute Gasteiger partial charge is 0.339 e. The van der Waals surface area contributed by atoms with Gasteiger partial charge in [-0.25, -0.2) is 0 Å². The van der Waals surface area contributed by atoms with E-state index in [1.807, 2.05) is 9.80 Å². The van der Waals surface area contributed by atoms with Crippen molar-refractivity contribution < 1.29 is 9.59 Å². The maximum atomic E-state index is 12.5. The van der Waals surface area contributed by atoms with E-state index in [9.17, 15) is 9.59 Å². The van der Waals surface area contributed by atoms with Gasteiger partial charge in [-0.05, 0) is 37.8 Å². The van der Waals surface area contributed by atoms with Gasteiger partial charge in [-0.1, -0.05) is 26.2 Å². The van der Waals surface area contributed by atoms with Gasteiger partial charge in [-0.2, -0.15) is 0 Å². The molecule has 130 valence electrons. The monoisotopic (exact) mass is 321 g/mol. The van der Waals surface area contributed by atoms with E-state index in [4.69, 9.17) is 0 Å². The van der Waals surface area contributed by atoms with Crippen LogP contribution in [0.15, 0.2) is 0 Å². The van der Waals surface area contributed by atoms with Crippen LogP contribution in [0, 0.1) is 17.8 Å². The summed E-state index contributed by atoms with van der Waals surface area (Å²) in [6.07, 6.45) is 7.06. The summed E-state index contributed by atoms with van der Waals surface area (Å²) in [6.45, 7) is 6.83. The van der Waals surface area contributed by atoms with Gasteiger partial charge >= 0.3 is 0 Å². The lowest BCUT2D eigenvalue weighted by Crippen LogP contribution is -2.55. The Bertz CT molecular complexity index is 422. The predicted molar refractivity (Wildman–Crippen MR) is 89.9 cm³/mol. The lowest BCUT2D eigenvalue weighted by Gasteiger charge is -2.39. The molecule has 1 atom stereocenters. The van der Waals surface area contributed by atoms with Crippen LogP contribution in [0.3, 0.4) is 0 Å². The summed E-state index contributed by atoms with van der Waals surface area (Å²) < 4.78 is 0. The second-order valence-corrected chi connectivity index (χ2v) is 7.62. The van der Waals surface area contributed by atoms with Crippen molar-refractivity contribution in [2.45, 2.75) is 45.4 Å². The van der Waals surface area contributed by atoms with Gasteiger partial charge in [0, 0.05) is 38.5 Å². The normalized spacial score (nSPS) is 25.1. The van der Waals surface area contributed by atoms with Crippen LogP contribution in [-0.4, -0.2) is 60.9 Å². The van der Waals surface area contributed by atoms with E-state index in [2.05, 4.69) is 12.2 Å². The van der Waals surface area contributed by atoms with Gasteiger partial charge in [-0.3, -0.25) is 9.59 Å². The first-order valence-electron chi connectivity index (χ1n) is 9.42. The summed E-state index contributed by atoms with van der Waals surface area (Å²) in [5.74, 6) is 1.78. The van der Waals surface area contributed by atoms with Gasteiger partial charge < -0.3 is 15.1 Å². The number of hydrogen-bond acceptors (Lipinski definition) is 3. The van der Waals surface area contributed by atoms with E-state index < -0.39 is 0 Å². The van der Waals surface area contributed by atoms with Crippen LogP contribution in [0.5, 0.6) is 0 Å². The number of carbonyl (C=O) groups is 2. The first-order valence-corrected chi connectivity index (χ1v) is 9.42. The fourth-order valence-corrected chi connectivity index (χ4v) is 4.10. The molecule has 0 radical (unpaired) electrons. The number of piperazine rings is 1. The van der Waals surface area contributed by atoms with Crippen molar-refractivity contribution in [2.75, 3.05) is 39.3 Å². The molecule has 1 aliphatic carbocycles. The average Bonchev–Trinajstić information content (AvgIpc) is 2.53. The van der Waals surface area contributed by atoms with E-state index in [1.165, 1.54) is 32.1 Å². The Morgan fingerprint density at radius 3 is 2.17 bits per heavy atom. The number of amides is 2. The fraction of sp³-hybridized carbons (Fsp3) is 0.889. The van der Waals surface area contributed by atoms with Crippen molar-refractivity contribution in [3.05, 3.63) is 0 Å². The number of hydrogen-bond donors (Lipinski definition) is 1. The van der Waals surface area contributed by atoms with E-state index >= 15 is 0 Å². The van der Waals surface area contributed by atoms with Gasteiger partial charge in [0.1, 0.15) is 0 Å². The van der Waals surface area contributed by atoms with Crippen LogP contribution >= 0.6 is 0 Å². The van der Waals surface area contributed by atoms with Crippen molar-refractivity contribution >= 4 is 11.8 Å². The van der Waals surface area contributed by atoms with Gasteiger partial charge in [0.15, 0.2) is 0 Å². The molecule has 3 fully saturated rings. The maximum Gasteiger partial charge on any atom is 0.225 e. The molecule has 0 aromatic rings. The lowest BCUT2D eigenvalue weighted by molar-refractivity contribution is -0.143. The van der Waals surface area contributed by atoms with Crippen LogP contribution in [0.25, 0.3) is 0 Å². The van der Waals surface area contributed by atoms with Crippen molar-refractivity contribution in [2.24, 2.45) is 17.8 Å². The third-order valence-corrected chi connectivity index (χ3v) is 6.04. The number of carbonyl (C=O) groups excluding carboxylic acids is 2. The van der Waals surface area contributed by atoms with Crippen LogP contribution in [0.2, 0.25) is 0 Å². The highest BCUT2D eigenvalue weighted by Gasteiger charge is 2.33. The van der Waals surface area contributed by atoms with Crippen LogP contribution in [0.1, 0.15) is 45.4 Å². The minimum atomic E-state index is 0.112. The van der Waals surface area contributed by atoms with Crippen molar-refractivity contribution in [1.29, 1.82) is 0 Å². The van der Waals surface area contributed by atoms with Crippen LogP contribution in [0.4, 0.5) is 0 Å². The molecule has 1 saturated carbocycles. The molecule has 0 spiro atoms. The Morgan fingerprint density at radius 1 is 1.00 bits per heavy atom. The number of nitrogens with zero attached hydrogens (tertiary/aromatic N) is 2. The molecule has 1 N–H and O–H groups in total. The molecular weight excluding hydrogens is 290 g/mol. The maximum absolute atomic E-state index is 12.5. The van der Waals surface area contributed by atoms with Gasteiger partial charge in [-0.15, -0.1) is 0 Å². The quantitative estimate of drug-likeness (QED) is 0.853. The standard InChI is InChI=1S/C18H31N3O2/c1-14(16-12-19-13-16)18(23)21-9-7-20(8-10-21)17(22)11-15-5-3-2-4-6-15/h14-16,19H,2-13H2,1H3. The summed E-state index contributed by atoms with van der Waals surface area (Å²) >= 11 is 0. The third kappa shape index (κ3) is 4.06. The minimum Gasteiger partial charge on any atom is -0.339 e.